The number of methoxy groups -OCH3 is 1. The first-order chi connectivity index (χ1) is 11.4. The average Bonchev–Trinajstić information content (AvgIpc) is 2.57. The van der Waals surface area contributed by atoms with Crippen molar-refractivity contribution in [1.82, 2.24) is 0 Å². The van der Waals surface area contributed by atoms with E-state index in [4.69, 9.17) is 16.3 Å². The zero-order valence-corrected chi connectivity index (χ0v) is 14.8. The summed E-state index contributed by atoms with van der Waals surface area (Å²) in [5, 5.41) is 2.36. The number of hydrogen-bond acceptors (Lipinski definition) is 3. The van der Waals surface area contributed by atoms with Gasteiger partial charge in [-0.3, -0.25) is 4.72 Å². The number of anilines is 1. The molecule has 0 aromatic heterocycles. The summed E-state index contributed by atoms with van der Waals surface area (Å²) in [5.41, 5.74) is 1.11. The van der Waals surface area contributed by atoms with E-state index in [1.165, 1.54) is 7.11 Å². The molecule has 3 aromatic rings. The third kappa shape index (κ3) is 3.18. The molecule has 24 heavy (non-hydrogen) atoms. The minimum Gasteiger partial charge on any atom is -0.495 e. The summed E-state index contributed by atoms with van der Waals surface area (Å²) in [4.78, 5) is 0.191. The molecule has 124 valence electrons. The van der Waals surface area contributed by atoms with Crippen molar-refractivity contribution in [1.29, 1.82) is 0 Å². The molecule has 0 amide bonds. The normalized spacial score (nSPS) is 11.5. The van der Waals surface area contributed by atoms with Gasteiger partial charge in [0.05, 0.1) is 17.7 Å². The Labute approximate surface area is 146 Å². The summed E-state index contributed by atoms with van der Waals surface area (Å²) in [5.74, 6) is 0.370. The molecule has 0 aliphatic carbocycles. The Morgan fingerprint density at radius 3 is 2.42 bits per heavy atom. The van der Waals surface area contributed by atoms with Crippen LogP contribution in [-0.2, 0) is 10.0 Å². The number of hydrogen-bond donors (Lipinski definition) is 1. The Kier molecular flexibility index (Phi) is 4.39. The predicted molar refractivity (Wildman–Crippen MR) is 97.5 cm³/mol. The Balaban J connectivity index is 2.03. The minimum atomic E-state index is -3.74. The van der Waals surface area contributed by atoms with E-state index in [2.05, 4.69) is 4.72 Å². The highest BCUT2D eigenvalue weighted by Gasteiger charge is 2.18. The van der Waals surface area contributed by atoms with Crippen LogP contribution in [0, 0.1) is 6.92 Å². The van der Waals surface area contributed by atoms with Crippen molar-refractivity contribution in [2.24, 2.45) is 0 Å². The van der Waals surface area contributed by atoms with E-state index < -0.39 is 10.0 Å². The molecule has 0 saturated heterocycles. The second-order valence-electron chi connectivity index (χ2n) is 5.42. The van der Waals surface area contributed by atoms with Crippen LogP contribution in [0.3, 0.4) is 0 Å². The van der Waals surface area contributed by atoms with E-state index in [0.717, 1.165) is 16.3 Å². The number of fused-ring (bicyclic) bond motifs is 1. The zero-order chi connectivity index (χ0) is 17.3. The molecule has 0 spiro atoms. The van der Waals surface area contributed by atoms with Crippen molar-refractivity contribution >= 4 is 38.1 Å². The number of nitrogens with one attached hydrogen (secondary N) is 1. The second-order valence-corrected chi connectivity index (χ2v) is 7.51. The number of aryl methyl sites for hydroxylation is 1. The maximum Gasteiger partial charge on any atom is 0.262 e. The fraction of sp³-hybridized carbons (Fsp3) is 0.111. The van der Waals surface area contributed by atoms with E-state index in [9.17, 15) is 8.42 Å². The molecule has 0 fully saturated rings. The lowest BCUT2D eigenvalue weighted by molar-refractivity contribution is 0.417. The number of sulfonamides is 1. The predicted octanol–water partition coefficient (Wildman–Crippen LogP) is 4.61. The molecule has 0 aliphatic rings. The van der Waals surface area contributed by atoms with Crippen LogP contribution >= 0.6 is 11.6 Å². The first-order valence-corrected chi connectivity index (χ1v) is 9.12. The van der Waals surface area contributed by atoms with Crippen LogP contribution in [0.1, 0.15) is 5.56 Å². The number of benzene rings is 3. The molecule has 1 N–H and O–H groups in total. The van der Waals surface area contributed by atoms with Crippen molar-refractivity contribution < 1.29 is 13.2 Å². The Bertz CT molecular complexity index is 1020. The van der Waals surface area contributed by atoms with Crippen molar-refractivity contribution in [3.05, 3.63) is 65.2 Å². The van der Waals surface area contributed by atoms with Crippen LogP contribution in [0.2, 0.25) is 5.02 Å². The van der Waals surface area contributed by atoms with E-state index in [-0.39, 0.29) is 4.90 Å². The summed E-state index contributed by atoms with van der Waals surface area (Å²) in [6, 6.07) is 15.9. The highest BCUT2D eigenvalue weighted by atomic mass is 35.5. The molecule has 0 heterocycles. The molecular formula is C18H16ClNO3S. The third-order valence-electron chi connectivity index (χ3n) is 3.76. The largest absolute Gasteiger partial charge is 0.495 e. The Hall–Kier alpha value is -2.24. The highest BCUT2D eigenvalue weighted by molar-refractivity contribution is 7.92. The van der Waals surface area contributed by atoms with Crippen LogP contribution < -0.4 is 9.46 Å². The van der Waals surface area contributed by atoms with E-state index >= 15 is 0 Å². The number of ether oxygens (including phenoxy) is 1. The van der Waals surface area contributed by atoms with Gasteiger partial charge in [-0.25, -0.2) is 8.42 Å². The molecule has 3 aromatic carbocycles. The molecule has 0 radical (unpaired) electrons. The van der Waals surface area contributed by atoms with Gasteiger partial charge in [-0.05, 0) is 41.5 Å². The van der Waals surface area contributed by atoms with Gasteiger partial charge in [-0.2, -0.15) is 0 Å². The van der Waals surface area contributed by atoms with Crippen LogP contribution in [0.5, 0.6) is 5.75 Å². The lowest BCUT2D eigenvalue weighted by atomic mass is 10.1. The van der Waals surface area contributed by atoms with Gasteiger partial charge in [-0.1, -0.05) is 41.9 Å². The minimum absolute atomic E-state index is 0.191. The fourth-order valence-corrected chi connectivity index (χ4v) is 3.70. The van der Waals surface area contributed by atoms with Gasteiger partial charge in [0.2, 0.25) is 0 Å². The molecule has 0 atom stereocenters. The Morgan fingerprint density at radius 2 is 1.71 bits per heavy atom. The van der Waals surface area contributed by atoms with Gasteiger partial charge in [0.15, 0.2) is 0 Å². The summed E-state index contributed by atoms with van der Waals surface area (Å²) < 4.78 is 33.2. The van der Waals surface area contributed by atoms with Gasteiger partial charge in [0.25, 0.3) is 10.0 Å². The Morgan fingerprint density at radius 1 is 1.00 bits per heavy atom. The monoisotopic (exact) mass is 361 g/mol. The van der Waals surface area contributed by atoms with Gasteiger partial charge >= 0.3 is 0 Å². The summed E-state index contributed by atoms with van der Waals surface area (Å²) in [7, 11) is -2.27. The second kappa shape index (κ2) is 6.34. The average molecular weight is 362 g/mol. The van der Waals surface area contributed by atoms with Crippen molar-refractivity contribution in [3.63, 3.8) is 0 Å². The smallest absolute Gasteiger partial charge is 0.262 e. The molecule has 0 saturated carbocycles. The summed E-state index contributed by atoms with van der Waals surface area (Å²) in [6.45, 7) is 1.80. The highest BCUT2D eigenvalue weighted by Crippen LogP contribution is 2.32. The molecule has 0 aliphatic heterocycles. The molecule has 4 nitrogen and oxygen atoms in total. The summed E-state index contributed by atoms with van der Waals surface area (Å²) in [6.07, 6.45) is 0. The van der Waals surface area contributed by atoms with Crippen molar-refractivity contribution in [2.45, 2.75) is 11.8 Å². The molecule has 3 rings (SSSR count). The first kappa shape index (κ1) is 16.6. The third-order valence-corrected chi connectivity index (χ3v) is 5.53. The summed E-state index contributed by atoms with van der Waals surface area (Å²) >= 11 is 6.06. The zero-order valence-electron chi connectivity index (χ0n) is 13.2. The lowest BCUT2D eigenvalue weighted by Gasteiger charge is -2.14. The SMILES string of the molecule is COc1cc(Cl)c(C)cc1NS(=O)(=O)c1ccc2ccccc2c1. The van der Waals surface area contributed by atoms with Crippen LogP contribution in [0.4, 0.5) is 5.69 Å². The van der Waals surface area contributed by atoms with Crippen molar-refractivity contribution in [2.75, 3.05) is 11.8 Å². The quantitative estimate of drug-likeness (QED) is 0.738. The molecule has 6 heteroatoms. The fourth-order valence-electron chi connectivity index (χ4n) is 2.45. The molecule has 0 bridgehead atoms. The van der Waals surface area contributed by atoms with E-state index in [0.29, 0.717) is 16.5 Å². The van der Waals surface area contributed by atoms with E-state index in [1.54, 1.807) is 37.3 Å². The van der Waals surface area contributed by atoms with Gasteiger partial charge in [-0.15, -0.1) is 0 Å². The number of rotatable bonds is 4. The topological polar surface area (TPSA) is 55.4 Å². The van der Waals surface area contributed by atoms with Crippen LogP contribution in [0.15, 0.2) is 59.5 Å². The van der Waals surface area contributed by atoms with Crippen LogP contribution in [0.25, 0.3) is 10.8 Å². The van der Waals surface area contributed by atoms with Crippen molar-refractivity contribution in [3.8, 4) is 5.75 Å². The van der Waals surface area contributed by atoms with Gasteiger partial charge in [0.1, 0.15) is 5.75 Å². The first-order valence-electron chi connectivity index (χ1n) is 7.26. The van der Waals surface area contributed by atoms with Gasteiger partial charge < -0.3 is 4.74 Å². The maximum atomic E-state index is 12.7. The number of halogens is 1. The van der Waals surface area contributed by atoms with E-state index in [1.807, 2.05) is 24.3 Å². The standard InChI is InChI=1S/C18H16ClNO3S/c1-12-9-17(18(23-2)11-16(12)19)20-24(21,22)15-8-7-13-5-3-4-6-14(13)10-15/h3-11,20H,1-2H3. The molecule has 0 unspecified atom stereocenters. The lowest BCUT2D eigenvalue weighted by Crippen LogP contribution is -2.13. The van der Waals surface area contributed by atoms with Gasteiger partial charge in [0, 0.05) is 11.1 Å². The maximum absolute atomic E-state index is 12.7. The molecular weight excluding hydrogens is 346 g/mol. The van der Waals surface area contributed by atoms with Crippen LogP contribution in [-0.4, -0.2) is 15.5 Å².